The number of hydrogen-bond acceptors (Lipinski definition) is 1. The minimum atomic E-state index is -0.214. The summed E-state index contributed by atoms with van der Waals surface area (Å²) >= 11 is 12.0. The van der Waals surface area contributed by atoms with E-state index in [1.165, 1.54) is 0 Å². The molecule has 1 rings (SSSR count). The summed E-state index contributed by atoms with van der Waals surface area (Å²) in [5, 5.41) is 1.22. The summed E-state index contributed by atoms with van der Waals surface area (Å²) < 4.78 is 0. The average Bonchev–Trinajstić information content (AvgIpc) is 2.13. The quantitative estimate of drug-likeness (QED) is 0.845. The summed E-state index contributed by atoms with van der Waals surface area (Å²) in [6.07, 6.45) is 1.67. The first-order valence-corrected chi connectivity index (χ1v) is 5.43. The molecule has 1 aromatic rings. The highest BCUT2D eigenvalue weighted by Crippen LogP contribution is 2.28. The van der Waals surface area contributed by atoms with Crippen molar-refractivity contribution in [2.75, 3.05) is 0 Å². The van der Waals surface area contributed by atoms with Crippen LogP contribution in [-0.4, -0.2) is 5.54 Å². The van der Waals surface area contributed by atoms with E-state index in [1.54, 1.807) is 6.07 Å². The van der Waals surface area contributed by atoms with Crippen molar-refractivity contribution in [3.63, 3.8) is 0 Å². The van der Waals surface area contributed by atoms with Crippen molar-refractivity contribution >= 4 is 23.2 Å². The zero-order valence-electron chi connectivity index (χ0n) is 8.48. The van der Waals surface area contributed by atoms with Crippen molar-refractivity contribution in [3.05, 3.63) is 33.8 Å². The van der Waals surface area contributed by atoms with E-state index in [9.17, 15) is 0 Å². The van der Waals surface area contributed by atoms with Crippen LogP contribution in [0.5, 0.6) is 0 Å². The molecule has 0 aromatic heterocycles. The van der Waals surface area contributed by atoms with E-state index in [4.69, 9.17) is 28.9 Å². The van der Waals surface area contributed by atoms with Crippen LogP contribution in [0.15, 0.2) is 18.2 Å². The molecule has 0 aliphatic heterocycles. The Morgan fingerprint density at radius 3 is 2.57 bits per heavy atom. The zero-order chi connectivity index (χ0) is 10.8. The zero-order valence-corrected chi connectivity index (χ0v) is 9.99. The standard InChI is InChI=1S/C11H15Cl2N/c1-3-11(2,14)7-8-5-4-6-9(12)10(8)13/h4-6H,3,7,14H2,1-2H3. The molecule has 3 heteroatoms. The number of benzene rings is 1. The second-order valence-electron chi connectivity index (χ2n) is 3.90. The minimum absolute atomic E-state index is 0.214. The van der Waals surface area contributed by atoms with Gasteiger partial charge in [-0.1, -0.05) is 42.3 Å². The molecule has 0 radical (unpaired) electrons. The SMILES string of the molecule is CCC(C)(N)Cc1cccc(Cl)c1Cl. The molecule has 0 saturated heterocycles. The van der Waals surface area contributed by atoms with Crippen molar-refractivity contribution in [1.29, 1.82) is 0 Å². The number of halogens is 2. The van der Waals surface area contributed by atoms with Crippen molar-refractivity contribution in [3.8, 4) is 0 Å². The highest BCUT2D eigenvalue weighted by molar-refractivity contribution is 6.42. The van der Waals surface area contributed by atoms with Crippen LogP contribution in [0.25, 0.3) is 0 Å². The molecule has 14 heavy (non-hydrogen) atoms. The van der Waals surface area contributed by atoms with Gasteiger partial charge >= 0.3 is 0 Å². The van der Waals surface area contributed by atoms with Gasteiger partial charge in [-0.3, -0.25) is 0 Å². The van der Waals surface area contributed by atoms with Gasteiger partial charge in [-0.05, 0) is 31.4 Å². The van der Waals surface area contributed by atoms with Crippen LogP contribution in [0.3, 0.4) is 0 Å². The third-order valence-electron chi connectivity index (χ3n) is 2.43. The van der Waals surface area contributed by atoms with E-state index in [-0.39, 0.29) is 5.54 Å². The van der Waals surface area contributed by atoms with Gasteiger partial charge in [-0.25, -0.2) is 0 Å². The third-order valence-corrected chi connectivity index (χ3v) is 3.29. The first-order chi connectivity index (χ1) is 6.46. The number of nitrogens with two attached hydrogens (primary N) is 1. The van der Waals surface area contributed by atoms with Crippen LogP contribution in [0.1, 0.15) is 25.8 Å². The molecule has 0 saturated carbocycles. The molecule has 0 bridgehead atoms. The van der Waals surface area contributed by atoms with Crippen LogP contribution in [0.2, 0.25) is 10.0 Å². The first kappa shape index (κ1) is 11.8. The summed E-state index contributed by atoms with van der Waals surface area (Å²) in [7, 11) is 0. The molecule has 2 N–H and O–H groups in total. The molecule has 1 atom stereocenters. The van der Waals surface area contributed by atoms with Gasteiger partial charge in [0.05, 0.1) is 10.0 Å². The van der Waals surface area contributed by atoms with Gasteiger partial charge in [0, 0.05) is 5.54 Å². The molecular formula is C11H15Cl2N. The molecule has 0 amide bonds. The first-order valence-electron chi connectivity index (χ1n) is 4.68. The predicted octanol–water partition coefficient (Wildman–Crippen LogP) is 3.66. The van der Waals surface area contributed by atoms with E-state index in [0.29, 0.717) is 10.0 Å². The largest absolute Gasteiger partial charge is 0.325 e. The molecule has 0 aliphatic rings. The Morgan fingerprint density at radius 2 is 2.00 bits per heavy atom. The lowest BCUT2D eigenvalue weighted by molar-refractivity contribution is 0.450. The Labute approximate surface area is 95.2 Å². The van der Waals surface area contributed by atoms with Gasteiger partial charge in [-0.15, -0.1) is 0 Å². The van der Waals surface area contributed by atoms with Crippen LogP contribution in [0, 0.1) is 0 Å². The van der Waals surface area contributed by atoms with E-state index < -0.39 is 0 Å². The maximum atomic E-state index is 6.07. The van der Waals surface area contributed by atoms with Gasteiger partial charge in [0.15, 0.2) is 0 Å². The molecule has 0 heterocycles. The summed E-state index contributed by atoms with van der Waals surface area (Å²) in [5.41, 5.74) is 6.87. The Bertz CT molecular complexity index is 321. The average molecular weight is 232 g/mol. The Morgan fingerprint density at radius 1 is 1.36 bits per heavy atom. The van der Waals surface area contributed by atoms with Gasteiger partial charge in [0.25, 0.3) is 0 Å². The summed E-state index contributed by atoms with van der Waals surface area (Å²) in [4.78, 5) is 0. The molecule has 78 valence electrons. The molecule has 1 unspecified atom stereocenters. The second kappa shape index (κ2) is 4.52. The second-order valence-corrected chi connectivity index (χ2v) is 4.68. The maximum absolute atomic E-state index is 6.07. The molecule has 1 aromatic carbocycles. The van der Waals surface area contributed by atoms with Gasteiger partial charge in [0.2, 0.25) is 0 Å². The smallest absolute Gasteiger partial charge is 0.0624 e. The monoisotopic (exact) mass is 231 g/mol. The van der Waals surface area contributed by atoms with Crippen molar-refractivity contribution < 1.29 is 0 Å². The fraction of sp³-hybridized carbons (Fsp3) is 0.455. The van der Waals surface area contributed by atoms with Gasteiger partial charge in [-0.2, -0.15) is 0 Å². The van der Waals surface area contributed by atoms with E-state index in [0.717, 1.165) is 18.4 Å². The van der Waals surface area contributed by atoms with Crippen LogP contribution < -0.4 is 5.73 Å². The fourth-order valence-corrected chi connectivity index (χ4v) is 1.63. The number of rotatable bonds is 3. The lowest BCUT2D eigenvalue weighted by atomic mass is 9.91. The van der Waals surface area contributed by atoms with Crippen molar-refractivity contribution in [2.24, 2.45) is 5.73 Å². The Kier molecular flexibility index (Phi) is 3.82. The minimum Gasteiger partial charge on any atom is -0.325 e. The highest BCUT2D eigenvalue weighted by atomic mass is 35.5. The van der Waals surface area contributed by atoms with Crippen molar-refractivity contribution in [2.45, 2.75) is 32.2 Å². The molecule has 1 nitrogen and oxygen atoms in total. The van der Waals surface area contributed by atoms with Crippen LogP contribution in [-0.2, 0) is 6.42 Å². The third kappa shape index (κ3) is 2.88. The molecule has 0 aliphatic carbocycles. The molecular weight excluding hydrogens is 217 g/mol. The van der Waals surface area contributed by atoms with Crippen LogP contribution >= 0.6 is 23.2 Å². The van der Waals surface area contributed by atoms with E-state index in [2.05, 4.69) is 6.92 Å². The molecule has 0 spiro atoms. The Balaban J connectivity index is 2.92. The maximum Gasteiger partial charge on any atom is 0.0624 e. The fourth-order valence-electron chi connectivity index (χ4n) is 1.25. The lowest BCUT2D eigenvalue weighted by Crippen LogP contribution is -2.37. The normalized spacial score (nSPS) is 15.2. The van der Waals surface area contributed by atoms with E-state index in [1.807, 2.05) is 19.1 Å². The van der Waals surface area contributed by atoms with Crippen LogP contribution in [0.4, 0.5) is 0 Å². The highest BCUT2D eigenvalue weighted by Gasteiger charge is 2.18. The summed E-state index contributed by atoms with van der Waals surface area (Å²) in [6.45, 7) is 4.09. The lowest BCUT2D eigenvalue weighted by Gasteiger charge is -2.23. The van der Waals surface area contributed by atoms with Gasteiger partial charge < -0.3 is 5.73 Å². The molecule has 0 fully saturated rings. The summed E-state index contributed by atoms with van der Waals surface area (Å²) in [5.74, 6) is 0. The number of hydrogen-bond donors (Lipinski definition) is 1. The topological polar surface area (TPSA) is 26.0 Å². The van der Waals surface area contributed by atoms with Crippen molar-refractivity contribution in [1.82, 2.24) is 0 Å². The van der Waals surface area contributed by atoms with Gasteiger partial charge in [0.1, 0.15) is 0 Å². The predicted molar refractivity (Wildman–Crippen MR) is 63.0 cm³/mol. The summed E-state index contributed by atoms with van der Waals surface area (Å²) in [6, 6.07) is 5.65. The van der Waals surface area contributed by atoms with E-state index >= 15 is 0 Å². The Hall–Kier alpha value is -0.240.